The fraction of sp³-hybridized carbons (Fsp3) is 0.538. The van der Waals surface area contributed by atoms with Gasteiger partial charge in [0.05, 0.1) is 10.7 Å². The minimum atomic E-state index is -4.64. The number of nitrogens with zero attached hydrogens (tertiary/aromatic N) is 2. The molecule has 23 heavy (non-hydrogen) atoms. The fourth-order valence-corrected chi connectivity index (χ4v) is 3.56. The van der Waals surface area contributed by atoms with Gasteiger partial charge in [-0.05, 0) is 11.5 Å². The van der Waals surface area contributed by atoms with Gasteiger partial charge in [0.1, 0.15) is 6.54 Å². The molecule has 0 aromatic heterocycles. The van der Waals surface area contributed by atoms with Crippen molar-refractivity contribution in [1.82, 2.24) is 4.31 Å². The lowest BCUT2D eigenvalue weighted by Gasteiger charge is -2.25. The van der Waals surface area contributed by atoms with Crippen LogP contribution >= 0.6 is 0 Å². The minimum absolute atomic E-state index is 0.187. The number of halogens is 3. The van der Waals surface area contributed by atoms with E-state index in [0.717, 1.165) is 12.1 Å². The standard InChI is InChI=1S/C13H17F3N2O4S/c1-10(2)7-17(9-13(14,15)16)23(21,22)8-11-3-5-12(6-4-11)18(19)20/h3-6,10H,7-9H2,1-2H3. The maximum Gasteiger partial charge on any atom is 0.402 e. The Morgan fingerprint density at radius 3 is 2.13 bits per heavy atom. The van der Waals surface area contributed by atoms with Gasteiger partial charge >= 0.3 is 6.18 Å². The SMILES string of the molecule is CC(C)CN(CC(F)(F)F)S(=O)(=O)Cc1ccc([N+](=O)[O-])cc1. The minimum Gasteiger partial charge on any atom is -0.258 e. The normalized spacial score (nSPS) is 12.8. The van der Waals surface area contributed by atoms with E-state index in [4.69, 9.17) is 0 Å². The summed E-state index contributed by atoms with van der Waals surface area (Å²) >= 11 is 0. The van der Waals surface area contributed by atoms with E-state index in [1.165, 1.54) is 12.1 Å². The molecule has 0 N–H and O–H groups in total. The van der Waals surface area contributed by atoms with Crippen LogP contribution in [0.2, 0.25) is 0 Å². The molecule has 10 heteroatoms. The summed E-state index contributed by atoms with van der Waals surface area (Å²) in [5.41, 5.74) is -0.0352. The molecule has 0 aliphatic rings. The first-order valence-corrected chi connectivity index (χ1v) is 8.29. The molecular weight excluding hydrogens is 337 g/mol. The molecule has 0 saturated carbocycles. The van der Waals surface area contributed by atoms with Crippen molar-refractivity contribution in [3.05, 3.63) is 39.9 Å². The Balaban J connectivity index is 2.98. The summed E-state index contributed by atoms with van der Waals surface area (Å²) in [6.45, 7) is 1.42. The Morgan fingerprint density at radius 2 is 1.74 bits per heavy atom. The third kappa shape index (κ3) is 6.53. The van der Waals surface area contributed by atoms with Gasteiger partial charge in [0, 0.05) is 18.7 Å². The van der Waals surface area contributed by atoms with Crippen molar-refractivity contribution in [3.8, 4) is 0 Å². The first-order chi connectivity index (χ1) is 10.4. The lowest BCUT2D eigenvalue weighted by molar-refractivity contribution is -0.384. The van der Waals surface area contributed by atoms with E-state index in [1.54, 1.807) is 13.8 Å². The Hall–Kier alpha value is -1.68. The number of hydrogen-bond acceptors (Lipinski definition) is 4. The van der Waals surface area contributed by atoms with Crippen molar-refractivity contribution < 1.29 is 26.5 Å². The molecule has 130 valence electrons. The molecule has 0 atom stereocenters. The third-order valence-corrected chi connectivity index (χ3v) is 4.58. The zero-order valence-corrected chi connectivity index (χ0v) is 13.4. The summed E-state index contributed by atoms with van der Waals surface area (Å²) in [5.74, 6) is -0.919. The van der Waals surface area contributed by atoms with E-state index in [0.29, 0.717) is 4.31 Å². The van der Waals surface area contributed by atoms with Gasteiger partial charge in [-0.2, -0.15) is 17.5 Å². The van der Waals surface area contributed by atoms with Gasteiger partial charge in [-0.1, -0.05) is 26.0 Å². The second-order valence-corrected chi connectivity index (χ2v) is 7.45. The highest BCUT2D eigenvalue weighted by Gasteiger charge is 2.36. The smallest absolute Gasteiger partial charge is 0.258 e. The molecule has 0 saturated heterocycles. The Morgan fingerprint density at radius 1 is 1.22 bits per heavy atom. The first kappa shape index (κ1) is 19.4. The Kier molecular flexibility index (Phi) is 6.11. The van der Waals surface area contributed by atoms with Gasteiger partial charge < -0.3 is 0 Å². The number of non-ortho nitro benzene ring substituents is 1. The van der Waals surface area contributed by atoms with Crippen molar-refractivity contribution >= 4 is 15.7 Å². The average Bonchev–Trinajstić information content (AvgIpc) is 2.35. The van der Waals surface area contributed by atoms with Crippen molar-refractivity contribution in [2.75, 3.05) is 13.1 Å². The van der Waals surface area contributed by atoms with Gasteiger partial charge in [-0.25, -0.2) is 8.42 Å². The maximum absolute atomic E-state index is 12.6. The molecule has 0 heterocycles. The molecule has 0 fully saturated rings. The summed E-state index contributed by atoms with van der Waals surface area (Å²) < 4.78 is 62.6. The van der Waals surface area contributed by atoms with E-state index >= 15 is 0 Å². The molecular formula is C13H17F3N2O4S. The highest BCUT2D eigenvalue weighted by Crippen LogP contribution is 2.22. The van der Waals surface area contributed by atoms with Crippen LogP contribution in [0.5, 0.6) is 0 Å². The summed E-state index contributed by atoms with van der Waals surface area (Å²) in [5, 5.41) is 10.5. The molecule has 0 aliphatic carbocycles. The van der Waals surface area contributed by atoms with Crippen LogP contribution in [0.4, 0.5) is 18.9 Å². The summed E-state index contributed by atoms with van der Waals surface area (Å²) in [7, 11) is -4.19. The number of rotatable bonds is 7. The van der Waals surface area contributed by atoms with Crippen molar-refractivity contribution in [1.29, 1.82) is 0 Å². The number of hydrogen-bond donors (Lipinski definition) is 0. The molecule has 0 amide bonds. The lowest BCUT2D eigenvalue weighted by Crippen LogP contribution is -2.41. The summed E-state index contributed by atoms with van der Waals surface area (Å²) in [4.78, 5) is 9.89. The highest BCUT2D eigenvalue weighted by atomic mass is 32.2. The van der Waals surface area contributed by atoms with E-state index in [9.17, 15) is 31.7 Å². The van der Waals surface area contributed by atoms with Crippen LogP contribution in [0.15, 0.2) is 24.3 Å². The predicted molar refractivity (Wildman–Crippen MR) is 78.2 cm³/mol. The van der Waals surface area contributed by atoms with Crippen LogP contribution in [0.1, 0.15) is 19.4 Å². The van der Waals surface area contributed by atoms with Crippen LogP contribution < -0.4 is 0 Å². The molecule has 0 radical (unpaired) electrons. The van der Waals surface area contributed by atoms with Gasteiger partial charge in [0.25, 0.3) is 5.69 Å². The first-order valence-electron chi connectivity index (χ1n) is 6.68. The summed E-state index contributed by atoms with van der Waals surface area (Å²) in [6, 6.07) is 4.66. The predicted octanol–water partition coefficient (Wildman–Crippen LogP) is 2.94. The number of nitro benzene ring substituents is 1. The van der Waals surface area contributed by atoms with Crippen molar-refractivity contribution in [2.24, 2.45) is 5.92 Å². The van der Waals surface area contributed by atoms with Crippen LogP contribution in [-0.4, -0.2) is 36.9 Å². The Labute approximate surface area is 132 Å². The maximum atomic E-state index is 12.6. The lowest BCUT2D eigenvalue weighted by atomic mass is 10.2. The van der Waals surface area contributed by atoms with E-state index in [2.05, 4.69) is 0 Å². The van der Waals surface area contributed by atoms with Gasteiger partial charge in [0.15, 0.2) is 0 Å². The zero-order chi connectivity index (χ0) is 17.8. The van der Waals surface area contributed by atoms with E-state index in [-0.39, 0.29) is 23.7 Å². The third-order valence-electron chi connectivity index (χ3n) is 2.81. The quantitative estimate of drug-likeness (QED) is 0.557. The number of benzene rings is 1. The molecule has 1 aromatic rings. The van der Waals surface area contributed by atoms with Crippen molar-refractivity contribution in [2.45, 2.75) is 25.8 Å². The van der Waals surface area contributed by atoms with Crippen LogP contribution in [0, 0.1) is 16.0 Å². The number of alkyl halides is 3. The highest BCUT2D eigenvalue weighted by molar-refractivity contribution is 7.88. The Bertz CT molecular complexity index is 642. The number of nitro groups is 1. The van der Waals surface area contributed by atoms with Gasteiger partial charge in [-0.3, -0.25) is 10.1 Å². The van der Waals surface area contributed by atoms with Gasteiger partial charge in [-0.15, -0.1) is 0 Å². The van der Waals surface area contributed by atoms with E-state index < -0.39 is 33.4 Å². The average molecular weight is 354 g/mol. The fourth-order valence-electron chi connectivity index (χ4n) is 1.90. The summed E-state index contributed by atoms with van der Waals surface area (Å²) in [6.07, 6.45) is -4.64. The van der Waals surface area contributed by atoms with Crippen molar-refractivity contribution in [3.63, 3.8) is 0 Å². The molecule has 0 bridgehead atoms. The van der Waals surface area contributed by atoms with Crippen LogP contribution in [0.25, 0.3) is 0 Å². The second kappa shape index (κ2) is 7.26. The molecule has 0 spiro atoms. The molecule has 0 unspecified atom stereocenters. The molecule has 1 aromatic carbocycles. The topological polar surface area (TPSA) is 80.5 Å². The molecule has 0 aliphatic heterocycles. The monoisotopic (exact) mass is 354 g/mol. The largest absolute Gasteiger partial charge is 0.402 e. The number of sulfonamides is 1. The van der Waals surface area contributed by atoms with E-state index in [1.807, 2.05) is 0 Å². The van der Waals surface area contributed by atoms with Crippen LogP contribution in [-0.2, 0) is 15.8 Å². The molecule has 1 rings (SSSR count). The van der Waals surface area contributed by atoms with Gasteiger partial charge in [0.2, 0.25) is 10.0 Å². The van der Waals surface area contributed by atoms with Crippen LogP contribution in [0.3, 0.4) is 0 Å². The second-order valence-electron chi connectivity index (χ2n) is 5.48. The molecule has 6 nitrogen and oxygen atoms in total. The zero-order valence-electron chi connectivity index (χ0n) is 12.6.